The van der Waals surface area contributed by atoms with E-state index in [0.29, 0.717) is 5.75 Å². The largest absolute Gasteiger partial charge is 0.394 e. The third kappa shape index (κ3) is 3.79. The fraction of sp³-hybridized carbons (Fsp3) is 0.500. The minimum Gasteiger partial charge on any atom is -0.394 e. The molecule has 1 rings (SSSR count). The van der Waals surface area contributed by atoms with Crippen molar-refractivity contribution >= 4 is 11.8 Å². The molecule has 2 atom stereocenters. The summed E-state index contributed by atoms with van der Waals surface area (Å²) >= 11 is 1.53. The van der Waals surface area contributed by atoms with E-state index in [1.807, 2.05) is 24.3 Å². The lowest BCUT2D eigenvalue weighted by Gasteiger charge is -2.15. The van der Waals surface area contributed by atoms with Crippen LogP contribution in [0.4, 0.5) is 0 Å². The van der Waals surface area contributed by atoms with Crippen LogP contribution in [0.15, 0.2) is 29.2 Å². The van der Waals surface area contributed by atoms with Crippen LogP contribution in [0.3, 0.4) is 0 Å². The van der Waals surface area contributed by atoms with Crippen LogP contribution in [0.2, 0.25) is 0 Å². The zero-order chi connectivity index (χ0) is 12.0. The second-order valence-electron chi connectivity index (χ2n) is 3.70. The third-order valence-electron chi connectivity index (χ3n) is 2.40. The average Bonchev–Trinajstić information content (AvgIpc) is 2.35. The molecule has 0 fully saturated rings. The molecule has 1 aromatic carbocycles. The third-order valence-corrected chi connectivity index (χ3v) is 3.63. The molecule has 16 heavy (non-hydrogen) atoms. The Kier molecular flexibility index (Phi) is 5.84. The number of thioether (sulfide) groups is 1. The lowest BCUT2D eigenvalue weighted by atomic mass is 10.1. The zero-order valence-corrected chi connectivity index (χ0v) is 10.3. The Morgan fingerprint density at radius 1 is 1.38 bits per heavy atom. The van der Waals surface area contributed by atoms with Gasteiger partial charge in [0.1, 0.15) is 0 Å². The highest BCUT2D eigenvalue weighted by molar-refractivity contribution is 7.99. The van der Waals surface area contributed by atoms with Crippen LogP contribution in [0.5, 0.6) is 0 Å². The van der Waals surface area contributed by atoms with Gasteiger partial charge in [0.2, 0.25) is 0 Å². The Hall–Kier alpha value is -0.550. The lowest BCUT2D eigenvalue weighted by molar-refractivity contribution is 0.113. The molecule has 90 valence electrons. The van der Waals surface area contributed by atoms with E-state index in [1.165, 1.54) is 11.8 Å². The maximum absolute atomic E-state index is 9.30. The maximum Gasteiger partial charge on any atom is 0.0864 e. The summed E-state index contributed by atoms with van der Waals surface area (Å²) in [6.07, 6.45) is 0.219. The first-order valence-corrected chi connectivity index (χ1v) is 6.43. The van der Waals surface area contributed by atoms with E-state index in [0.717, 1.165) is 16.9 Å². The van der Waals surface area contributed by atoms with Crippen molar-refractivity contribution in [2.45, 2.75) is 30.4 Å². The smallest absolute Gasteiger partial charge is 0.0864 e. The fourth-order valence-electron chi connectivity index (χ4n) is 1.38. The van der Waals surface area contributed by atoms with Crippen LogP contribution in [-0.4, -0.2) is 28.7 Å². The maximum atomic E-state index is 9.30. The van der Waals surface area contributed by atoms with Crippen LogP contribution in [-0.2, 0) is 0 Å². The molecular weight excluding hydrogens is 222 g/mol. The molecule has 1 aromatic rings. The summed E-state index contributed by atoms with van der Waals surface area (Å²) < 4.78 is 0. The molecule has 0 radical (unpaired) electrons. The van der Waals surface area contributed by atoms with Gasteiger partial charge < -0.3 is 15.9 Å². The van der Waals surface area contributed by atoms with Gasteiger partial charge in [0.05, 0.1) is 12.7 Å². The van der Waals surface area contributed by atoms with Gasteiger partial charge >= 0.3 is 0 Å². The normalized spacial score (nSPS) is 14.8. The fourth-order valence-corrected chi connectivity index (χ4v) is 2.42. The van der Waals surface area contributed by atoms with E-state index in [2.05, 4.69) is 6.92 Å². The number of aliphatic hydroxyl groups excluding tert-OH is 2. The van der Waals surface area contributed by atoms with E-state index in [-0.39, 0.29) is 12.6 Å². The predicted molar refractivity (Wildman–Crippen MR) is 67.5 cm³/mol. The number of rotatable bonds is 6. The molecule has 4 heteroatoms. The average molecular weight is 241 g/mol. The zero-order valence-electron chi connectivity index (χ0n) is 9.47. The summed E-state index contributed by atoms with van der Waals surface area (Å²) in [7, 11) is 0. The lowest BCUT2D eigenvalue weighted by Crippen LogP contribution is -2.15. The van der Waals surface area contributed by atoms with Crippen molar-refractivity contribution < 1.29 is 10.2 Å². The second kappa shape index (κ2) is 6.91. The number of aliphatic hydroxyl groups is 2. The highest BCUT2D eigenvalue weighted by Crippen LogP contribution is 2.28. The number of benzene rings is 1. The van der Waals surface area contributed by atoms with E-state index < -0.39 is 6.10 Å². The van der Waals surface area contributed by atoms with Gasteiger partial charge in [-0.15, -0.1) is 11.8 Å². The molecule has 3 nitrogen and oxygen atoms in total. The van der Waals surface area contributed by atoms with Crippen LogP contribution >= 0.6 is 11.8 Å². The summed E-state index contributed by atoms with van der Waals surface area (Å²) in [6.45, 7) is 1.85. The van der Waals surface area contributed by atoms with Gasteiger partial charge in [0, 0.05) is 16.7 Å². The van der Waals surface area contributed by atoms with Crippen molar-refractivity contribution in [2.75, 3.05) is 12.4 Å². The molecule has 0 aromatic heterocycles. The molecule has 0 aliphatic carbocycles. The molecule has 0 spiro atoms. The van der Waals surface area contributed by atoms with E-state index in [1.54, 1.807) is 0 Å². The van der Waals surface area contributed by atoms with Gasteiger partial charge in [-0.25, -0.2) is 0 Å². The van der Waals surface area contributed by atoms with Crippen LogP contribution < -0.4 is 5.73 Å². The Bertz CT molecular complexity index is 320. The molecule has 4 N–H and O–H groups in total. The van der Waals surface area contributed by atoms with Gasteiger partial charge in [0.25, 0.3) is 0 Å². The van der Waals surface area contributed by atoms with Gasteiger partial charge in [0.15, 0.2) is 0 Å². The molecule has 0 saturated heterocycles. The molecule has 0 heterocycles. The van der Waals surface area contributed by atoms with Crippen molar-refractivity contribution in [2.24, 2.45) is 5.73 Å². The van der Waals surface area contributed by atoms with Gasteiger partial charge in [-0.2, -0.15) is 0 Å². The quantitative estimate of drug-likeness (QED) is 0.661. The van der Waals surface area contributed by atoms with Crippen LogP contribution in [0.25, 0.3) is 0 Å². The minimum absolute atomic E-state index is 0.0370. The Labute approximate surface area is 101 Å². The van der Waals surface area contributed by atoms with E-state index >= 15 is 0 Å². The number of hydrogen-bond donors (Lipinski definition) is 3. The first kappa shape index (κ1) is 13.5. The van der Waals surface area contributed by atoms with Crippen molar-refractivity contribution in [1.82, 2.24) is 0 Å². The van der Waals surface area contributed by atoms with Gasteiger partial charge in [-0.1, -0.05) is 25.1 Å². The standard InChI is InChI=1S/C12H19NO2S/c1-2-11(13)10-5-3-4-6-12(10)16-8-9(15)7-14/h3-6,9,11,14-15H,2,7-8,13H2,1H3/t9?,11-/m0/s1. The topological polar surface area (TPSA) is 66.5 Å². The van der Waals surface area contributed by atoms with Gasteiger partial charge in [-0.3, -0.25) is 0 Å². The SMILES string of the molecule is CC[C@H](N)c1ccccc1SCC(O)CO. The first-order chi connectivity index (χ1) is 7.69. The second-order valence-corrected chi connectivity index (χ2v) is 4.76. The number of hydrogen-bond acceptors (Lipinski definition) is 4. The highest BCUT2D eigenvalue weighted by atomic mass is 32.2. The Morgan fingerprint density at radius 2 is 2.06 bits per heavy atom. The van der Waals surface area contributed by atoms with Crippen molar-refractivity contribution in [3.05, 3.63) is 29.8 Å². The van der Waals surface area contributed by atoms with E-state index in [4.69, 9.17) is 10.8 Å². The van der Waals surface area contributed by atoms with Crippen molar-refractivity contribution in [3.8, 4) is 0 Å². The Morgan fingerprint density at radius 3 is 2.69 bits per heavy atom. The summed E-state index contributed by atoms with van der Waals surface area (Å²) in [5.74, 6) is 0.490. The summed E-state index contributed by atoms with van der Waals surface area (Å²) in [4.78, 5) is 1.09. The molecule has 0 saturated carbocycles. The van der Waals surface area contributed by atoms with Gasteiger partial charge in [-0.05, 0) is 18.1 Å². The number of nitrogens with two attached hydrogens (primary N) is 1. The molecule has 0 amide bonds. The molecular formula is C12H19NO2S. The van der Waals surface area contributed by atoms with Crippen molar-refractivity contribution in [1.29, 1.82) is 0 Å². The van der Waals surface area contributed by atoms with Crippen LogP contribution in [0.1, 0.15) is 24.9 Å². The molecule has 0 aliphatic rings. The molecule has 1 unspecified atom stereocenters. The van der Waals surface area contributed by atoms with Crippen molar-refractivity contribution in [3.63, 3.8) is 0 Å². The monoisotopic (exact) mass is 241 g/mol. The summed E-state index contributed by atoms with van der Waals surface area (Å²) in [5, 5.41) is 18.1. The summed E-state index contributed by atoms with van der Waals surface area (Å²) in [6, 6.07) is 7.98. The predicted octanol–water partition coefficient (Wildman–Crippen LogP) is 1.54. The first-order valence-electron chi connectivity index (χ1n) is 5.45. The summed E-state index contributed by atoms with van der Waals surface area (Å²) in [5.41, 5.74) is 7.12. The minimum atomic E-state index is -0.670. The highest BCUT2D eigenvalue weighted by Gasteiger charge is 2.10. The Balaban J connectivity index is 2.71. The van der Waals surface area contributed by atoms with Crippen LogP contribution in [0, 0.1) is 0 Å². The molecule has 0 aliphatic heterocycles. The molecule has 0 bridgehead atoms. The van der Waals surface area contributed by atoms with E-state index in [9.17, 15) is 5.11 Å².